The number of benzene rings is 1. The maximum atomic E-state index is 10.7. The van der Waals surface area contributed by atoms with Crippen molar-refractivity contribution in [2.45, 2.75) is 0 Å². The molecule has 4 heteroatoms. The molecule has 13 heavy (non-hydrogen) atoms. The van der Waals surface area contributed by atoms with Crippen LogP contribution >= 0.6 is 23.2 Å². The Morgan fingerprint density at radius 3 is 2.77 bits per heavy atom. The lowest BCUT2D eigenvalue weighted by molar-refractivity contribution is 0.112. The van der Waals surface area contributed by atoms with Crippen molar-refractivity contribution in [3.63, 3.8) is 0 Å². The predicted octanol–water partition coefficient (Wildman–Crippen LogP) is 3.29. The fourth-order valence-corrected chi connectivity index (χ4v) is 1.83. The minimum absolute atomic E-state index is 0.332. The SMILES string of the molecule is O=Cc1c(Cl)[nH]c2cccc(Cl)c12. The number of aromatic nitrogens is 1. The van der Waals surface area contributed by atoms with E-state index in [1.54, 1.807) is 12.1 Å². The monoisotopic (exact) mass is 213 g/mol. The van der Waals surface area contributed by atoms with Gasteiger partial charge >= 0.3 is 0 Å². The zero-order valence-electron chi connectivity index (χ0n) is 6.47. The third-order valence-corrected chi connectivity index (χ3v) is 2.49. The summed E-state index contributed by atoms with van der Waals surface area (Å²) in [5, 5.41) is 1.55. The van der Waals surface area contributed by atoms with E-state index in [1.807, 2.05) is 6.07 Å². The average Bonchev–Trinajstić information content (AvgIpc) is 2.42. The summed E-state index contributed by atoms with van der Waals surface area (Å²) in [6.45, 7) is 0. The molecule has 0 aliphatic carbocycles. The molecule has 2 rings (SSSR count). The minimum Gasteiger partial charge on any atom is -0.345 e. The number of nitrogens with one attached hydrogen (secondary N) is 1. The fourth-order valence-electron chi connectivity index (χ4n) is 1.31. The Labute approximate surface area is 84.5 Å². The molecule has 0 unspecified atom stereocenters. The molecule has 1 aromatic heterocycles. The van der Waals surface area contributed by atoms with Crippen molar-refractivity contribution in [3.05, 3.63) is 33.9 Å². The van der Waals surface area contributed by atoms with Crippen LogP contribution in [0.3, 0.4) is 0 Å². The van der Waals surface area contributed by atoms with Crippen molar-refractivity contribution < 1.29 is 4.79 Å². The van der Waals surface area contributed by atoms with Gasteiger partial charge in [-0.05, 0) is 12.1 Å². The third kappa shape index (κ3) is 1.23. The van der Waals surface area contributed by atoms with Crippen LogP contribution in [0.25, 0.3) is 10.9 Å². The number of carbonyl (C=O) groups excluding carboxylic acids is 1. The third-order valence-electron chi connectivity index (χ3n) is 1.88. The van der Waals surface area contributed by atoms with E-state index < -0.39 is 0 Å². The van der Waals surface area contributed by atoms with Gasteiger partial charge < -0.3 is 4.98 Å². The first-order valence-electron chi connectivity index (χ1n) is 3.65. The molecule has 1 aromatic carbocycles. The van der Waals surface area contributed by atoms with Gasteiger partial charge in [0.1, 0.15) is 5.15 Å². The van der Waals surface area contributed by atoms with Crippen molar-refractivity contribution in [1.82, 2.24) is 4.98 Å². The largest absolute Gasteiger partial charge is 0.345 e. The molecule has 0 aliphatic heterocycles. The minimum atomic E-state index is 0.332. The van der Waals surface area contributed by atoms with Gasteiger partial charge in [-0.15, -0.1) is 0 Å². The molecule has 0 aliphatic rings. The van der Waals surface area contributed by atoms with Crippen LogP contribution in [-0.2, 0) is 0 Å². The Hall–Kier alpha value is -0.990. The first-order chi connectivity index (χ1) is 6.24. The van der Waals surface area contributed by atoms with Gasteiger partial charge in [0, 0.05) is 10.9 Å². The zero-order valence-corrected chi connectivity index (χ0v) is 7.99. The van der Waals surface area contributed by atoms with Crippen LogP contribution in [0.5, 0.6) is 0 Å². The van der Waals surface area contributed by atoms with Crippen LogP contribution in [0.2, 0.25) is 10.2 Å². The highest BCUT2D eigenvalue weighted by Crippen LogP contribution is 2.30. The van der Waals surface area contributed by atoms with E-state index >= 15 is 0 Å². The van der Waals surface area contributed by atoms with Crippen molar-refractivity contribution in [3.8, 4) is 0 Å². The molecule has 1 N–H and O–H groups in total. The first kappa shape index (κ1) is 8.60. The number of H-pyrrole nitrogens is 1. The summed E-state index contributed by atoms with van der Waals surface area (Å²) in [5.74, 6) is 0. The highest BCUT2D eigenvalue weighted by atomic mass is 35.5. The second-order valence-corrected chi connectivity index (χ2v) is 3.42. The summed E-state index contributed by atoms with van der Waals surface area (Å²) in [7, 11) is 0. The molecule has 0 bridgehead atoms. The molecule has 0 saturated heterocycles. The van der Waals surface area contributed by atoms with Gasteiger partial charge in [-0.1, -0.05) is 29.3 Å². The summed E-state index contributed by atoms with van der Waals surface area (Å²) in [6, 6.07) is 5.34. The quantitative estimate of drug-likeness (QED) is 0.725. The van der Waals surface area contributed by atoms with Gasteiger partial charge in [-0.3, -0.25) is 4.79 Å². The predicted molar refractivity (Wildman–Crippen MR) is 53.7 cm³/mol. The molecule has 0 spiro atoms. The molecule has 2 aromatic rings. The van der Waals surface area contributed by atoms with Gasteiger partial charge in [0.2, 0.25) is 0 Å². The Bertz CT molecular complexity index is 476. The van der Waals surface area contributed by atoms with E-state index in [0.717, 1.165) is 5.52 Å². The van der Waals surface area contributed by atoms with Crippen LogP contribution in [0.1, 0.15) is 10.4 Å². The fraction of sp³-hybridized carbons (Fsp3) is 0. The summed E-state index contributed by atoms with van der Waals surface area (Å²) in [4.78, 5) is 13.6. The van der Waals surface area contributed by atoms with E-state index in [-0.39, 0.29) is 0 Å². The number of rotatable bonds is 1. The van der Waals surface area contributed by atoms with Gasteiger partial charge in [0.15, 0.2) is 6.29 Å². The molecule has 0 atom stereocenters. The lowest BCUT2D eigenvalue weighted by Gasteiger charge is -1.92. The molecule has 0 saturated carbocycles. The van der Waals surface area contributed by atoms with E-state index in [9.17, 15) is 4.79 Å². The lowest BCUT2D eigenvalue weighted by atomic mass is 10.2. The summed E-state index contributed by atoms with van der Waals surface area (Å²) in [6.07, 6.45) is 0.701. The standard InChI is InChI=1S/C9H5Cl2NO/c10-6-2-1-3-7-8(6)5(4-13)9(11)12-7/h1-4,12H. The zero-order chi connectivity index (χ0) is 9.42. The highest BCUT2D eigenvalue weighted by Gasteiger charge is 2.10. The second kappa shape index (κ2) is 3.05. The van der Waals surface area contributed by atoms with Gasteiger partial charge in [-0.2, -0.15) is 0 Å². The number of aldehydes is 1. The lowest BCUT2D eigenvalue weighted by Crippen LogP contribution is -1.77. The number of aromatic amines is 1. The Balaban J connectivity index is 2.96. The van der Waals surface area contributed by atoms with E-state index in [2.05, 4.69) is 4.98 Å². The number of hydrogen-bond acceptors (Lipinski definition) is 1. The van der Waals surface area contributed by atoms with E-state index in [4.69, 9.17) is 23.2 Å². The number of carbonyl (C=O) groups is 1. The molecule has 0 amide bonds. The van der Waals surface area contributed by atoms with Gasteiger partial charge in [0.05, 0.1) is 10.6 Å². The summed E-state index contributed by atoms with van der Waals surface area (Å²) >= 11 is 11.7. The molecular formula is C9H5Cl2NO. The van der Waals surface area contributed by atoms with Crippen LogP contribution in [0.4, 0.5) is 0 Å². The normalized spacial score (nSPS) is 10.6. The smallest absolute Gasteiger partial charge is 0.153 e. The number of halogens is 2. The van der Waals surface area contributed by atoms with Crippen molar-refractivity contribution >= 4 is 40.4 Å². The number of hydrogen-bond donors (Lipinski definition) is 1. The van der Waals surface area contributed by atoms with Crippen LogP contribution in [0, 0.1) is 0 Å². The summed E-state index contributed by atoms with van der Waals surface area (Å²) in [5.41, 5.74) is 1.20. The topological polar surface area (TPSA) is 32.9 Å². The maximum Gasteiger partial charge on any atom is 0.153 e. The Morgan fingerprint density at radius 1 is 1.31 bits per heavy atom. The molecule has 0 radical (unpaired) electrons. The first-order valence-corrected chi connectivity index (χ1v) is 4.40. The van der Waals surface area contributed by atoms with Crippen molar-refractivity contribution in [2.75, 3.05) is 0 Å². The molecule has 2 nitrogen and oxygen atoms in total. The molecule has 66 valence electrons. The van der Waals surface area contributed by atoms with Crippen LogP contribution < -0.4 is 0 Å². The van der Waals surface area contributed by atoms with Crippen molar-refractivity contribution in [2.24, 2.45) is 0 Å². The Morgan fingerprint density at radius 2 is 2.08 bits per heavy atom. The van der Waals surface area contributed by atoms with Gasteiger partial charge in [-0.25, -0.2) is 0 Å². The van der Waals surface area contributed by atoms with Crippen molar-refractivity contribution in [1.29, 1.82) is 0 Å². The number of fused-ring (bicyclic) bond motifs is 1. The van der Waals surface area contributed by atoms with E-state index in [1.165, 1.54) is 0 Å². The second-order valence-electron chi connectivity index (χ2n) is 2.63. The molecule has 1 heterocycles. The van der Waals surface area contributed by atoms with Crippen LogP contribution in [-0.4, -0.2) is 11.3 Å². The van der Waals surface area contributed by atoms with Gasteiger partial charge in [0.25, 0.3) is 0 Å². The molecular weight excluding hydrogens is 209 g/mol. The van der Waals surface area contributed by atoms with Crippen LogP contribution in [0.15, 0.2) is 18.2 Å². The Kier molecular flexibility index (Phi) is 2.02. The maximum absolute atomic E-state index is 10.7. The van der Waals surface area contributed by atoms with E-state index in [0.29, 0.717) is 27.4 Å². The molecule has 0 fully saturated rings. The average molecular weight is 214 g/mol. The highest BCUT2D eigenvalue weighted by molar-refractivity contribution is 6.39. The summed E-state index contributed by atoms with van der Waals surface area (Å²) < 4.78 is 0.